The molecule has 4 rings (SSSR count). The third-order valence-electron chi connectivity index (χ3n) is 5.54. The van der Waals surface area contributed by atoms with Gasteiger partial charge in [-0.25, -0.2) is 0 Å². The van der Waals surface area contributed by atoms with E-state index in [0.717, 1.165) is 62.3 Å². The summed E-state index contributed by atoms with van der Waals surface area (Å²) in [5.74, 6) is 0.126. The zero-order valence-electron chi connectivity index (χ0n) is 15.9. The standard InChI is InChI=1S/C21H29N3O3/c25-21(23-11-15-27-16-12-23)19-17-24(20-6-2-1-5-18(19)20)8-4-3-7-22-9-13-26-14-10-22/h1-2,5-6,17H,3-4,7-16H2. The van der Waals surface area contributed by atoms with Crippen molar-refractivity contribution < 1.29 is 14.3 Å². The first-order chi connectivity index (χ1) is 13.3. The Bertz CT molecular complexity index is 761. The fraction of sp³-hybridized carbons (Fsp3) is 0.571. The molecule has 146 valence electrons. The molecule has 1 amide bonds. The molecule has 0 atom stereocenters. The first-order valence-corrected chi connectivity index (χ1v) is 10.1. The zero-order valence-corrected chi connectivity index (χ0v) is 15.9. The quantitative estimate of drug-likeness (QED) is 0.731. The topological polar surface area (TPSA) is 46.9 Å². The number of unbranched alkanes of at least 4 members (excludes halogenated alkanes) is 1. The number of benzene rings is 1. The van der Waals surface area contributed by atoms with E-state index < -0.39 is 0 Å². The minimum atomic E-state index is 0.126. The van der Waals surface area contributed by atoms with Crippen molar-refractivity contribution in [2.75, 3.05) is 59.2 Å². The van der Waals surface area contributed by atoms with Gasteiger partial charge in [0.1, 0.15) is 0 Å². The third-order valence-corrected chi connectivity index (χ3v) is 5.54. The van der Waals surface area contributed by atoms with Crippen LogP contribution in [0.25, 0.3) is 10.9 Å². The highest BCUT2D eigenvalue weighted by molar-refractivity contribution is 6.07. The average molecular weight is 371 g/mol. The number of hydrogen-bond donors (Lipinski definition) is 0. The van der Waals surface area contributed by atoms with Gasteiger partial charge in [-0.15, -0.1) is 0 Å². The number of para-hydroxylation sites is 1. The highest BCUT2D eigenvalue weighted by atomic mass is 16.5. The molecule has 2 aliphatic rings. The van der Waals surface area contributed by atoms with Crippen molar-refractivity contribution >= 4 is 16.8 Å². The number of carbonyl (C=O) groups is 1. The van der Waals surface area contributed by atoms with Crippen LogP contribution in [-0.2, 0) is 16.0 Å². The summed E-state index contributed by atoms with van der Waals surface area (Å²) in [6.07, 6.45) is 4.33. The van der Waals surface area contributed by atoms with Gasteiger partial charge in [0.05, 0.1) is 32.0 Å². The van der Waals surface area contributed by atoms with Gasteiger partial charge in [-0.2, -0.15) is 0 Å². The lowest BCUT2D eigenvalue weighted by Crippen LogP contribution is -2.40. The molecule has 0 saturated carbocycles. The molecule has 1 aromatic heterocycles. The Morgan fingerprint density at radius 2 is 1.56 bits per heavy atom. The Balaban J connectivity index is 1.42. The SMILES string of the molecule is O=C(c1cn(CCCCN2CCOCC2)c2ccccc12)N1CCOCC1. The highest BCUT2D eigenvalue weighted by Gasteiger charge is 2.22. The van der Waals surface area contributed by atoms with Gasteiger partial charge < -0.3 is 18.9 Å². The molecule has 0 bridgehead atoms. The van der Waals surface area contributed by atoms with Crippen LogP contribution in [-0.4, -0.2) is 79.4 Å². The predicted molar refractivity (Wildman–Crippen MR) is 105 cm³/mol. The fourth-order valence-electron chi connectivity index (χ4n) is 3.98. The minimum absolute atomic E-state index is 0.126. The molecule has 0 N–H and O–H groups in total. The number of aromatic nitrogens is 1. The van der Waals surface area contributed by atoms with E-state index in [9.17, 15) is 4.79 Å². The van der Waals surface area contributed by atoms with Crippen molar-refractivity contribution in [2.24, 2.45) is 0 Å². The van der Waals surface area contributed by atoms with Crippen molar-refractivity contribution in [3.8, 4) is 0 Å². The van der Waals surface area contributed by atoms with Gasteiger partial charge in [0.25, 0.3) is 5.91 Å². The van der Waals surface area contributed by atoms with Crippen LogP contribution < -0.4 is 0 Å². The van der Waals surface area contributed by atoms with Gasteiger partial charge in [0, 0.05) is 49.8 Å². The largest absolute Gasteiger partial charge is 0.379 e. The summed E-state index contributed by atoms with van der Waals surface area (Å²) < 4.78 is 13.0. The summed E-state index contributed by atoms with van der Waals surface area (Å²) in [5, 5.41) is 1.06. The predicted octanol–water partition coefficient (Wildman–Crippen LogP) is 2.23. The second-order valence-corrected chi connectivity index (χ2v) is 7.32. The van der Waals surface area contributed by atoms with E-state index in [1.165, 1.54) is 6.42 Å². The van der Waals surface area contributed by atoms with E-state index in [4.69, 9.17) is 9.47 Å². The Hall–Kier alpha value is -1.89. The van der Waals surface area contributed by atoms with Crippen molar-refractivity contribution in [3.05, 3.63) is 36.0 Å². The van der Waals surface area contributed by atoms with Crippen LogP contribution in [0.4, 0.5) is 0 Å². The first kappa shape index (κ1) is 18.5. The molecule has 2 aliphatic heterocycles. The first-order valence-electron chi connectivity index (χ1n) is 10.1. The second-order valence-electron chi connectivity index (χ2n) is 7.32. The molecule has 6 heteroatoms. The van der Waals surface area contributed by atoms with Crippen LogP contribution in [0.15, 0.2) is 30.5 Å². The molecular weight excluding hydrogens is 342 g/mol. The zero-order chi connectivity index (χ0) is 18.5. The van der Waals surface area contributed by atoms with Crippen LogP contribution in [0.3, 0.4) is 0 Å². The number of carbonyl (C=O) groups excluding carboxylic acids is 1. The van der Waals surface area contributed by atoms with E-state index >= 15 is 0 Å². The lowest BCUT2D eigenvalue weighted by molar-refractivity contribution is 0.0304. The molecule has 2 aromatic rings. The van der Waals surface area contributed by atoms with Crippen molar-refractivity contribution in [1.82, 2.24) is 14.4 Å². The Morgan fingerprint density at radius 3 is 2.33 bits per heavy atom. The van der Waals surface area contributed by atoms with Crippen molar-refractivity contribution in [2.45, 2.75) is 19.4 Å². The number of fused-ring (bicyclic) bond motifs is 1. The Morgan fingerprint density at radius 1 is 0.889 bits per heavy atom. The molecular formula is C21H29N3O3. The van der Waals surface area contributed by atoms with Gasteiger partial charge in [-0.05, 0) is 25.5 Å². The van der Waals surface area contributed by atoms with E-state index in [1.807, 2.05) is 11.0 Å². The lowest BCUT2D eigenvalue weighted by Gasteiger charge is -2.26. The molecule has 27 heavy (non-hydrogen) atoms. The number of rotatable bonds is 6. The maximum absolute atomic E-state index is 13.0. The summed E-state index contributed by atoms with van der Waals surface area (Å²) in [5.41, 5.74) is 1.97. The minimum Gasteiger partial charge on any atom is -0.379 e. The van der Waals surface area contributed by atoms with Gasteiger partial charge >= 0.3 is 0 Å². The van der Waals surface area contributed by atoms with Crippen LogP contribution in [0.2, 0.25) is 0 Å². The van der Waals surface area contributed by atoms with E-state index in [1.54, 1.807) is 0 Å². The molecule has 1 aromatic carbocycles. The molecule has 0 radical (unpaired) electrons. The van der Waals surface area contributed by atoms with Gasteiger partial charge in [0.15, 0.2) is 0 Å². The Labute approximate surface area is 160 Å². The maximum atomic E-state index is 13.0. The lowest BCUT2D eigenvalue weighted by atomic mass is 10.1. The highest BCUT2D eigenvalue weighted by Crippen LogP contribution is 2.23. The smallest absolute Gasteiger partial charge is 0.256 e. The summed E-state index contributed by atoms with van der Waals surface area (Å²) >= 11 is 0. The molecule has 2 fully saturated rings. The summed E-state index contributed by atoms with van der Waals surface area (Å²) in [6.45, 7) is 8.50. The number of nitrogens with zero attached hydrogens (tertiary/aromatic N) is 3. The monoisotopic (exact) mass is 371 g/mol. The van der Waals surface area contributed by atoms with E-state index in [2.05, 4.69) is 33.9 Å². The number of amides is 1. The molecule has 6 nitrogen and oxygen atoms in total. The van der Waals surface area contributed by atoms with E-state index in [-0.39, 0.29) is 5.91 Å². The summed E-state index contributed by atoms with van der Waals surface area (Å²) in [4.78, 5) is 17.4. The second kappa shape index (κ2) is 8.87. The van der Waals surface area contributed by atoms with Crippen LogP contribution in [0, 0.1) is 0 Å². The summed E-state index contributed by atoms with van der Waals surface area (Å²) in [7, 11) is 0. The molecule has 3 heterocycles. The third kappa shape index (κ3) is 4.34. The molecule has 0 spiro atoms. The average Bonchev–Trinajstić information content (AvgIpc) is 3.11. The number of hydrogen-bond acceptors (Lipinski definition) is 4. The maximum Gasteiger partial charge on any atom is 0.256 e. The summed E-state index contributed by atoms with van der Waals surface area (Å²) in [6, 6.07) is 8.25. The van der Waals surface area contributed by atoms with Crippen LogP contribution >= 0.6 is 0 Å². The van der Waals surface area contributed by atoms with Gasteiger partial charge in [-0.1, -0.05) is 18.2 Å². The molecule has 0 unspecified atom stereocenters. The van der Waals surface area contributed by atoms with E-state index in [0.29, 0.717) is 26.3 Å². The molecule has 0 aliphatic carbocycles. The number of aryl methyl sites for hydroxylation is 1. The van der Waals surface area contributed by atoms with Gasteiger partial charge in [-0.3, -0.25) is 9.69 Å². The Kier molecular flexibility index (Phi) is 6.07. The fourth-order valence-corrected chi connectivity index (χ4v) is 3.98. The number of ether oxygens (including phenoxy) is 2. The number of morpholine rings is 2. The van der Waals surface area contributed by atoms with Crippen LogP contribution in [0.1, 0.15) is 23.2 Å². The van der Waals surface area contributed by atoms with Crippen molar-refractivity contribution in [3.63, 3.8) is 0 Å². The van der Waals surface area contributed by atoms with Crippen LogP contribution in [0.5, 0.6) is 0 Å². The molecule has 2 saturated heterocycles. The van der Waals surface area contributed by atoms with Gasteiger partial charge in [0.2, 0.25) is 0 Å². The normalized spacial score (nSPS) is 18.9. The van der Waals surface area contributed by atoms with Crippen molar-refractivity contribution in [1.29, 1.82) is 0 Å².